The Balaban J connectivity index is 2.14. The zero-order valence-corrected chi connectivity index (χ0v) is 18.6. The lowest BCUT2D eigenvalue weighted by Gasteiger charge is -2.42. The van der Waals surface area contributed by atoms with E-state index in [1.165, 1.54) is 4.90 Å². The van der Waals surface area contributed by atoms with Crippen molar-refractivity contribution in [2.24, 2.45) is 17.8 Å². The number of aliphatic hydroxyl groups is 1. The number of fused-ring (bicyclic) bond motifs is 1. The number of carbonyl (C=O) groups excluding carboxylic acids is 2. The minimum atomic E-state index is -1.18. The molecule has 3 aliphatic rings. The minimum absolute atomic E-state index is 0.113. The van der Waals surface area contributed by atoms with Crippen molar-refractivity contribution < 1.29 is 29.3 Å². The summed E-state index contributed by atoms with van der Waals surface area (Å²) in [5, 5.41) is 19.3. The molecule has 3 unspecified atom stereocenters. The molecular formula is C22H34N2O6. The third-order valence-corrected chi connectivity index (χ3v) is 7.26. The van der Waals surface area contributed by atoms with E-state index in [1.807, 2.05) is 27.7 Å². The smallest absolute Gasteiger partial charge is 0.310 e. The fraction of sp³-hybridized carbons (Fsp3) is 0.773. The highest BCUT2D eigenvalue weighted by atomic mass is 16.5. The fourth-order valence-corrected chi connectivity index (χ4v) is 5.85. The number of carboxylic acids is 1. The van der Waals surface area contributed by atoms with E-state index in [0.29, 0.717) is 19.4 Å². The summed E-state index contributed by atoms with van der Waals surface area (Å²) >= 11 is 0. The molecule has 168 valence electrons. The van der Waals surface area contributed by atoms with Crippen LogP contribution < -0.4 is 0 Å². The number of likely N-dealkylation sites (tertiary alicyclic amines) is 1. The van der Waals surface area contributed by atoms with Gasteiger partial charge in [-0.1, -0.05) is 13.0 Å². The SMILES string of the molecule is C=CCN(C(=O)C1N(CCCO)C(=O)[C@@H]2[C@H](C(=O)O)[C@@]3(C)OC12CC3C)C(C)(C)C. The number of amides is 2. The predicted octanol–water partition coefficient (Wildman–Crippen LogP) is 1.28. The van der Waals surface area contributed by atoms with Crippen LogP contribution in [-0.4, -0.2) is 80.3 Å². The topological polar surface area (TPSA) is 107 Å². The van der Waals surface area contributed by atoms with Gasteiger partial charge >= 0.3 is 5.97 Å². The lowest BCUT2D eigenvalue weighted by Crippen LogP contribution is -2.60. The van der Waals surface area contributed by atoms with Gasteiger partial charge in [0.2, 0.25) is 11.8 Å². The first-order chi connectivity index (χ1) is 13.9. The average molecular weight is 423 g/mol. The van der Waals surface area contributed by atoms with Crippen molar-refractivity contribution in [2.75, 3.05) is 19.7 Å². The largest absolute Gasteiger partial charge is 0.481 e. The number of nitrogens with zero attached hydrogens (tertiary/aromatic N) is 2. The summed E-state index contributed by atoms with van der Waals surface area (Å²) in [4.78, 5) is 42.7. The molecular weight excluding hydrogens is 388 g/mol. The van der Waals surface area contributed by atoms with Crippen molar-refractivity contribution in [3.63, 3.8) is 0 Å². The van der Waals surface area contributed by atoms with Gasteiger partial charge in [-0.3, -0.25) is 14.4 Å². The van der Waals surface area contributed by atoms with Gasteiger partial charge in [-0.25, -0.2) is 0 Å². The summed E-state index contributed by atoms with van der Waals surface area (Å²) in [7, 11) is 0. The van der Waals surface area contributed by atoms with Crippen LogP contribution in [0.2, 0.25) is 0 Å². The molecule has 0 saturated carbocycles. The summed E-state index contributed by atoms with van der Waals surface area (Å²) in [6, 6.07) is -0.922. The van der Waals surface area contributed by atoms with Crippen LogP contribution in [0, 0.1) is 17.8 Å². The van der Waals surface area contributed by atoms with Gasteiger partial charge in [-0.2, -0.15) is 0 Å². The normalized spacial score (nSPS) is 37.4. The Morgan fingerprint density at radius 3 is 2.53 bits per heavy atom. The highest BCUT2D eigenvalue weighted by molar-refractivity contribution is 5.98. The van der Waals surface area contributed by atoms with E-state index >= 15 is 0 Å². The number of carbonyl (C=O) groups is 3. The van der Waals surface area contributed by atoms with Gasteiger partial charge in [0.25, 0.3) is 0 Å². The standard InChI is InChI=1S/C22H34N2O6/c1-7-9-24(20(3,4)5)18(27)16-22-12-13(2)21(6,30-22)15(19(28)29)14(22)17(26)23(16)10-8-11-25/h7,13-16,25H,1,8-12H2,2-6H3,(H,28,29)/t13?,14-,15+,16?,21-,22?/m0/s1. The maximum atomic E-state index is 13.9. The van der Waals surface area contributed by atoms with Crippen molar-refractivity contribution in [3.8, 4) is 0 Å². The average Bonchev–Trinajstić information content (AvgIpc) is 3.13. The first-order valence-corrected chi connectivity index (χ1v) is 10.6. The molecule has 2 N–H and O–H groups in total. The van der Waals surface area contributed by atoms with E-state index in [1.54, 1.807) is 17.9 Å². The molecule has 0 aromatic carbocycles. The van der Waals surface area contributed by atoms with E-state index in [2.05, 4.69) is 6.58 Å². The Bertz CT molecular complexity index is 761. The Morgan fingerprint density at radius 1 is 1.40 bits per heavy atom. The van der Waals surface area contributed by atoms with E-state index in [4.69, 9.17) is 4.74 Å². The number of aliphatic carboxylic acids is 1. The van der Waals surface area contributed by atoms with Gasteiger partial charge in [0.1, 0.15) is 17.6 Å². The van der Waals surface area contributed by atoms with Crippen LogP contribution >= 0.6 is 0 Å². The Morgan fingerprint density at radius 2 is 2.03 bits per heavy atom. The molecule has 8 heteroatoms. The molecule has 3 rings (SSSR count). The Hall–Kier alpha value is -1.93. The molecule has 3 aliphatic heterocycles. The molecule has 6 atom stereocenters. The lowest BCUT2D eigenvalue weighted by molar-refractivity contribution is -0.159. The number of ether oxygens (including phenoxy) is 1. The minimum Gasteiger partial charge on any atom is -0.481 e. The second-order valence-corrected chi connectivity index (χ2v) is 10.1. The third kappa shape index (κ3) is 2.99. The van der Waals surface area contributed by atoms with Crippen LogP contribution in [0.25, 0.3) is 0 Å². The first-order valence-electron chi connectivity index (χ1n) is 10.6. The highest BCUT2D eigenvalue weighted by Crippen LogP contribution is 2.65. The molecule has 3 fully saturated rings. The van der Waals surface area contributed by atoms with E-state index < -0.39 is 40.6 Å². The maximum Gasteiger partial charge on any atom is 0.310 e. The number of hydrogen-bond donors (Lipinski definition) is 2. The number of carboxylic acid groups (broad SMARTS) is 1. The third-order valence-electron chi connectivity index (χ3n) is 7.26. The quantitative estimate of drug-likeness (QED) is 0.599. The molecule has 0 aromatic heterocycles. The van der Waals surface area contributed by atoms with Gasteiger partial charge in [0, 0.05) is 25.2 Å². The molecule has 0 aliphatic carbocycles. The molecule has 3 heterocycles. The Kier molecular flexibility index (Phi) is 5.56. The lowest BCUT2D eigenvalue weighted by atomic mass is 9.62. The molecule has 2 bridgehead atoms. The predicted molar refractivity (Wildman–Crippen MR) is 109 cm³/mol. The second-order valence-electron chi connectivity index (χ2n) is 10.1. The van der Waals surface area contributed by atoms with Crippen molar-refractivity contribution in [2.45, 2.75) is 70.2 Å². The summed E-state index contributed by atoms with van der Waals surface area (Å²) in [5.74, 6) is -3.73. The van der Waals surface area contributed by atoms with E-state index in [9.17, 15) is 24.6 Å². The molecule has 30 heavy (non-hydrogen) atoms. The zero-order chi connectivity index (χ0) is 22.6. The van der Waals surface area contributed by atoms with Crippen LogP contribution in [0.1, 0.15) is 47.5 Å². The summed E-state index contributed by atoms with van der Waals surface area (Å²) in [6.45, 7) is 13.5. The van der Waals surface area contributed by atoms with Crippen molar-refractivity contribution in [3.05, 3.63) is 12.7 Å². The van der Waals surface area contributed by atoms with Gasteiger partial charge in [0.15, 0.2) is 0 Å². The van der Waals surface area contributed by atoms with Crippen LogP contribution in [0.4, 0.5) is 0 Å². The molecule has 8 nitrogen and oxygen atoms in total. The molecule has 3 saturated heterocycles. The van der Waals surface area contributed by atoms with Crippen molar-refractivity contribution >= 4 is 17.8 Å². The number of hydrogen-bond acceptors (Lipinski definition) is 5. The highest BCUT2D eigenvalue weighted by Gasteiger charge is 2.80. The number of aliphatic hydroxyl groups excluding tert-OH is 1. The van der Waals surface area contributed by atoms with Crippen molar-refractivity contribution in [1.82, 2.24) is 9.80 Å². The monoisotopic (exact) mass is 422 g/mol. The summed E-state index contributed by atoms with van der Waals surface area (Å²) in [5.41, 5.74) is -2.70. The molecule has 2 amide bonds. The van der Waals surface area contributed by atoms with E-state index in [0.717, 1.165) is 0 Å². The summed E-state index contributed by atoms with van der Waals surface area (Å²) < 4.78 is 6.43. The van der Waals surface area contributed by atoms with Crippen molar-refractivity contribution in [1.29, 1.82) is 0 Å². The zero-order valence-electron chi connectivity index (χ0n) is 18.6. The van der Waals surface area contributed by atoms with Crippen LogP contribution in [0.5, 0.6) is 0 Å². The van der Waals surface area contributed by atoms with Crippen LogP contribution in [0.15, 0.2) is 12.7 Å². The second kappa shape index (κ2) is 7.34. The van der Waals surface area contributed by atoms with Crippen LogP contribution in [0.3, 0.4) is 0 Å². The number of rotatable bonds is 7. The maximum absolute atomic E-state index is 13.9. The first kappa shape index (κ1) is 22.7. The molecule has 0 radical (unpaired) electrons. The summed E-state index contributed by atoms with van der Waals surface area (Å²) in [6.07, 6.45) is 2.39. The van der Waals surface area contributed by atoms with E-state index in [-0.39, 0.29) is 30.9 Å². The van der Waals surface area contributed by atoms with Gasteiger partial charge < -0.3 is 24.7 Å². The van der Waals surface area contributed by atoms with Gasteiger partial charge in [-0.15, -0.1) is 6.58 Å². The fourth-order valence-electron chi connectivity index (χ4n) is 5.85. The van der Waals surface area contributed by atoms with Gasteiger partial charge in [0.05, 0.1) is 11.5 Å². The Labute approximate surface area is 177 Å². The molecule has 1 spiro atoms. The molecule has 0 aromatic rings. The van der Waals surface area contributed by atoms with Crippen LogP contribution in [-0.2, 0) is 19.1 Å². The van der Waals surface area contributed by atoms with Gasteiger partial charge in [-0.05, 0) is 46.5 Å².